The second-order valence-electron chi connectivity index (χ2n) is 5.63. The van der Waals surface area contributed by atoms with Gasteiger partial charge in [-0.3, -0.25) is 9.69 Å². The Bertz CT molecular complexity index is 443. The number of hydrogen-bond donors (Lipinski definition) is 1. The summed E-state index contributed by atoms with van der Waals surface area (Å²) in [6.45, 7) is 8.93. The van der Waals surface area contributed by atoms with Crippen molar-refractivity contribution in [3.63, 3.8) is 0 Å². The molecule has 0 saturated carbocycles. The summed E-state index contributed by atoms with van der Waals surface area (Å²) < 4.78 is 25.9. The summed E-state index contributed by atoms with van der Waals surface area (Å²) in [6, 6.07) is 0. The molecule has 0 aromatic carbocycles. The quantitative estimate of drug-likeness (QED) is 0.475. The van der Waals surface area contributed by atoms with Crippen LogP contribution in [0.25, 0.3) is 0 Å². The molecule has 1 aliphatic rings. The van der Waals surface area contributed by atoms with Crippen molar-refractivity contribution < 1.29 is 13.2 Å². The number of carbonyl (C=O) groups is 1. The van der Waals surface area contributed by atoms with Crippen LogP contribution < -0.4 is 5.32 Å². The molecule has 1 amide bonds. The molecule has 0 bridgehead atoms. The van der Waals surface area contributed by atoms with E-state index in [1.807, 2.05) is 4.90 Å². The number of hydrogen-bond acceptors (Lipinski definition) is 4. The molecule has 1 N–H and O–H groups in total. The van der Waals surface area contributed by atoms with E-state index in [4.69, 9.17) is 0 Å². The topological polar surface area (TPSA) is 69.7 Å². The molecule has 0 aromatic heterocycles. The van der Waals surface area contributed by atoms with Gasteiger partial charge in [-0.15, -0.1) is 6.58 Å². The summed E-state index contributed by atoms with van der Waals surface area (Å²) in [5.74, 6) is 0.201. The van der Waals surface area contributed by atoms with E-state index in [1.165, 1.54) is 0 Å². The average molecular weight is 331 g/mol. The first-order valence-electron chi connectivity index (χ1n) is 8.07. The molecule has 1 rings (SSSR count). The summed E-state index contributed by atoms with van der Waals surface area (Å²) in [5, 5.41) is 2.88. The van der Waals surface area contributed by atoms with Gasteiger partial charge >= 0.3 is 0 Å². The molecule has 0 unspecified atom stereocenters. The molecule has 1 heterocycles. The van der Waals surface area contributed by atoms with Crippen LogP contribution in [0.1, 0.15) is 32.6 Å². The molecule has 0 atom stereocenters. The van der Waals surface area contributed by atoms with Crippen LogP contribution in [-0.4, -0.2) is 68.6 Å². The Kier molecular flexibility index (Phi) is 8.67. The Hall–Kier alpha value is -0.920. The van der Waals surface area contributed by atoms with Gasteiger partial charge in [0.05, 0.1) is 12.3 Å². The fourth-order valence-electron chi connectivity index (χ4n) is 2.37. The van der Waals surface area contributed by atoms with Gasteiger partial charge in [0.1, 0.15) is 0 Å². The minimum Gasteiger partial charge on any atom is -0.355 e. The second-order valence-corrected chi connectivity index (χ2v) is 7.71. The standard InChI is InChI=1S/C15H29N3O3S/c1-3-5-7-13-22(20,21)18-11-9-17(10-12-18)14-15(19)16-8-6-4-2/h3H,1,4-14H2,2H3,(H,16,19). The number of allylic oxidation sites excluding steroid dienone is 1. The highest BCUT2D eigenvalue weighted by Gasteiger charge is 2.26. The summed E-state index contributed by atoms with van der Waals surface area (Å²) in [4.78, 5) is 13.8. The third-order valence-electron chi connectivity index (χ3n) is 3.75. The molecular weight excluding hydrogens is 302 g/mol. The highest BCUT2D eigenvalue weighted by Crippen LogP contribution is 2.10. The number of nitrogens with one attached hydrogen (secondary N) is 1. The molecule has 0 aliphatic carbocycles. The lowest BCUT2D eigenvalue weighted by molar-refractivity contribution is -0.122. The van der Waals surface area contributed by atoms with Gasteiger partial charge in [-0.25, -0.2) is 8.42 Å². The van der Waals surface area contributed by atoms with Crippen molar-refractivity contribution in [1.29, 1.82) is 0 Å². The molecule has 0 radical (unpaired) electrons. The minimum absolute atomic E-state index is 0.0238. The van der Waals surface area contributed by atoms with Crippen LogP contribution >= 0.6 is 0 Å². The average Bonchev–Trinajstić information content (AvgIpc) is 2.48. The number of carbonyl (C=O) groups excluding carboxylic acids is 1. The smallest absolute Gasteiger partial charge is 0.234 e. The summed E-state index contributed by atoms with van der Waals surface area (Å²) in [7, 11) is -3.17. The van der Waals surface area contributed by atoms with Gasteiger partial charge in [0, 0.05) is 32.7 Å². The summed E-state index contributed by atoms with van der Waals surface area (Å²) in [6.07, 6.45) is 5.12. The summed E-state index contributed by atoms with van der Waals surface area (Å²) >= 11 is 0. The van der Waals surface area contributed by atoms with Crippen molar-refractivity contribution in [2.24, 2.45) is 0 Å². The number of sulfonamides is 1. The van der Waals surface area contributed by atoms with Gasteiger partial charge in [-0.05, 0) is 19.3 Å². The third kappa shape index (κ3) is 6.89. The van der Waals surface area contributed by atoms with Crippen LogP contribution in [0.5, 0.6) is 0 Å². The number of nitrogens with zero attached hydrogens (tertiary/aromatic N) is 2. The molecule has 0 spiro atoms. The van der Waals surface area contributed by atoms with Crippen molar-refractivity contribution in [1.82, 2.24) is 14.5 Å². The third-order valence-corrected chi connectivity index (χ3v) is 5.71. The van der Waals surface area contributed by atoms with Crippen molar-refractivity contribution in [3.05, 3.63) is 12.7 Å². The second kappa shape index (κ2) is 9.97. The normalized spacial score (nSPS) is 17.3. The van der Waals surface area contributed by atoms with E-state index < -0.39 is 10.0 Å². The van der Waals surface area contributed by atoms with Crippen LogP contribution in [0.2, 0.25) is 0 Å². The Morgan fingerprint density at radius 2 is 1.91 bits per heavy atom. The van der Waals surface area contributed by atoms with Gasteiger partial charge in [-0.1, -0.05) is 19.4 Å². The zero-order valence-electron chi connectivity index (χ0n) is 13.6. The number of rotatable bonds is 10. The maximum absolute atomic E-state index is 12.2. The lowest BCUT2D eigenvalue weighted by atomic mass is 10.3. The van der Waals surface area contributed by atoms with E-state index in [2.05, 4.69) is 18.8 Å². The fourth-order valence-corrected chi connectivity index (χ4v) is 3.88. The lowest BCUT2D eigenvalue weighted by Gasteiger charge is -2.33. The highest BCUT2D eigenvalue weighted by molar-refractivity contribution is 7.89. The fraction of sp³-hybridized carbons (Fsp3) is 0.800. The number of unbranched alkanes of at least 4 members (excludes halogenated alkanes) is 2. The largest absolute Gasteiger partial charge is 0.355 e. The molecule has 7 heteroatoms. The Morgan fingerprint density at radius 1 is 1.23 bits per heavy atom. The van der Waals surface area contributed by atoms with Crippen LogP contribution in [0.3, 0.4) is 0 Å². The maximum Gasteiger partial charge on any atom is 0.234 e. The lowest BCUT2D eigenvalue weighted by Crippen LogP contribution is -2.51. The number of amides is 1. The van der Waals surface area contributed by atoms with Gasteiger partial charge in [0.25, 0.3) is 0 Å². The molecule has 1 saturated heterocycles. The van der Waals surface area contributed by atoms with Crippen molar-refractivity contribution in [3.8, 4) is 0 Å². The Balaban J connectivity index is 2.30. The van der Waals surface area contributed by atoms with Gasteiger partial charge in [-0.2, -0.15) is 4.31 Å². The SMILES string of the molecule is C=CCCCS(=O)(=O)N1CCN(CC(=O)NCCCC)CC1. The predicted molar refractivity (Wildman–Crippen MR) is 89.1 cm³/mol. The van der Waals surface area contributed by atoms with Crippen molar-refractivity contribution >= 4 is 15.9 Å². The van der Waals surface area contributed by atoms with Crippen molar-refractivity contribution in [2.75, 3.05) is 45.0 Å². The van der Waals surface area contributed by atoms with Gasteiger partial charge < -0.3 is 5.32 Å². The zero-order chi connectivity index (χ0) is 16.4. The molecule has 1 fully saturated rings. The Morgan fingerprint density at radius 3 is 2.50 bits per heavy atom. The molecule has 1 aliphatic heterocycles. The van der Waals surface area contributed by atoms with Crippen LogP contribution in [-0.2, 0) is 14.8 Å². The number of piperazine rings is 1. The molecule has 22 heavy (non-hydrogen) atoms. The minimum atomic E-state index is -3.17. The van der Waals surface area contributed by atoms with E-state index in [9.17, 15) is 13.2 Å². The predicted octanol–water partition coefficient (Wildman–Crippen LogP) is 0.816. The van der Waals surface area contributed by atoms with Crippen LogP contribution in [0.4, 0.5) is 0 Å². The van der Waals surface area contributed by atoms with E-state index in [1.54, 1.807) is 10.4 Å². The zero-order valence-corrected chi connectivity index (χ0v) is 14.4. The highest BCUT2D eigenvalue weighted by atomic mass is 32.2. The molecule has 0 aromatic rings. The van der Waals surface area contributed by atoms with Gasteiger partial charge in [0.15, 0.2) is 0 Å². The summed E-state index contributed by atoms with van der Waals surface area (Å²) in [5.41, 5.74) is 0. The van der Waals surface area contributed by atoms with E-state index >= 15 is 0 Å². The van der Waals surface area contributed by atoms with Gasteiger partial charge in [0.2, 0.25) is 15.9 Å². The van der Waals surface area contributed by atoms with Crippen LogP contribution in [0, 0.1) is 0 Å². The Labute approximate surface area is 134 Å². The maximum atomic E-state index is 12.2. The molecule has 6 nitrogen and oxygen atoms in total. The van der Waals surface area contributed by atoms with Crippen molar-refractivity contribution in [2.45, 2.75) is 32.6 Å². The first-order chi connectivity index (χ1) is 10.5. The first-order valence-corrected chi connectivity index (χ1v) is 9.68. The van der Waals surface area contributed by atoms with E-state index in [-0.39, 0.29) is 11.7 Å². The van der Waals surface area contributed by atoms with E-state index in [0.29, 0.717) is 45.7 Å². The van der Waals surface area contributed by atoms with E-state index in [0.717, 1.165) is 19.3 Å². The van der Waals surface area contributed by atoms with Crippen LogP contribution in [0.15, 0.2) is 12.7 Å². The monoisotopic (exact) mass is 331 g/mol. The molecular formula is C15H29N3O3S. The first kappa shape index (κ1) is 19.1. The molecule has 128 valence electrons.